The highest BCUT2D eigenvalue weighted by Crippen LogP contribution is 2.15. The Morgan fingerprint density at radius 2 is 1.96 bits per heavy atom. The van der Waals surface area contributed by atoms with E-state index in [4.69, 9.17) is 9.47 Å². The average Bonchev–Trinajstić information content (AvgIpc) is 2.70. The predicted octanol–water partition coefficient (Wildman–Crippen LogP) is 1.95. The van der Waals surface area contributed by atoms with Gasteiger partial charge in [-0.2, -0.15) is 0 Å². The van der Waals surface area contributed by atoms with Gasteiger partial charge in [0.15, 0.2) is 0 Å². The number of morpholine rings is 1. The van der Waals surface area contributed by atoms with Gasteiger partial charge in [0.1, 0.15) is 6.61 Å². The second kappa shape index (κ2) is 9.06. The third kappa shape index (κ3) is 5.47. The molecule has 0 radical (unpaired) electrons. The first-order valence-electron chi connectivity index (χ1n) is 8.56. The van der Waals surface area contributed by atoms with Crippen LogP contribution in [0.1, 0.15) is 10.4 Å². The molecule has 1 aromatic heterocycles. The molecule has 142 valence electrons. The molecule has 9 nitrogen and oxygen atoms in total. The fourth-order valence-corrected chi connectivity index (χ4v) is 2.58. The monoisotopic (exact) mass is 372 g/mol. The predicted molar refractivity (Wildman–Crippen MR) is 98.0 cm³/mol. The molecule has 0 saturated carbocycles. The second-order valence-electron chi connectivity index (χ2n) is 5.95. The van der Waals surface area contributed by atoms with Crippen LogP contribution in [-0.2, 0) is 4.74 Å². The Labute approximate surface area is 156 Å². The number of pyridine rings is 1. The van der Waals surface area contributed by atoms with Gasteiger partial charge in [0.2, 0.25) is 5.88 Å². The average molecular weight is 372 g/mol. The third-order valence-electron chi connectivity index (χ3n) is 4.10. The molecule has 0 spiro atoms. The number of benzene rings is 1. The summed E-state index contributed by atoms with van der Waals surface area (Å²) >= 11 is 0. The second-order valence-corrected chi connectivity index (χ2v) is 5.95. The number of hydrogen-bond acceptors (Lipinski definition) is 7. The largest absolute Gasteiger partial charge is 0.476 e. The molecule has 1 aromatic carbocycles. The number of nitrogens with zero attached hydrogens (tertiary/aromatic N) is 3. The van der Waals surface area contributed by atoms with Gasteiger partial charge in [0, 0.05) is 43.4 Å². The smallest absolute Gasteiger partial charge is 0.269 e. The molecule has 1 aliphatic heterocycles. The van der Waals surface area contributed by atoms with Crippen molar-refractivity contribution in [2.45, 2.75) is 0 Å². The zero-order chi connectivity index (χ0) is 19.1. The Hall–Kier alpha value is -3.04. The van der Waals surface area contributed by atoms with Crippen molar-refractivity contribution in [3.05, 3.63) is 58.3 Å². The maximum absolute atomic E-state index is 12.2. The van der Waals surface area contributed by atoms with E-state index in [9.17, 15) is 14.9 Å². The molecule has 9 heteroatoms. The maximum Gasteiger partial charge on any atom is 0.269 e. The van der Waals surface area contributed by atoms with Crippen LogP contribution in [0.4, 0.5) is 11.4 Å². The Kier molecular flexibility index (Phi) is 6.29. The van der Waals surface area contributed by atoms with Crippen LogP contribution in [0.5, 0.6) is 5.88 Å². The van der Waals surface area contributed by atoms with Crippen molar-refractivity contribution in [1.29, 1.82) is 0 Å². The zero-order valence-corrected chi connectivity index (χ0v) is 14.7. The zero-order valence-electron chi connectivity index (χ0n) is 14.7. The van der Waals surface area contributed by atoms with Crippen LogP contribution in [0.25, 0.3) is 0 Å². The SMILES string of the molecule is O=C(Nc1ccc(OCCN2CCOCC2)nc1)c1ccc([N+](=O)[O-])cc1. The third-order valence-corrected chi connectivity index (χ3v) is 4.10. The topological polar surface area (TPSA) is 107 Å². The van der Waals surface area contributed by atoms with Gasteiger partial charge in [-0.3, -0.25) is 19.8 Å². The summed E-state index contributed by atoms with van der Waals surface area (Å²) in [6.07, 6.45) is 1.51. The number of rotatable bonds is 7. The van der Waals surface area contributed by atoms with Gasteiger partial charge in [-0.15, -0.1) is 0 Å². The van der Waals surface area contributed by atoms with Crippen LogP contribution in [0.15, 0.2) is 42.6 Å². The standard InChI is InChI=1S/C18H20N4O5/c23-18(14-1-4-16(5-2-14)22(24)25)20-15-3-6-17(19-13-15)27-12-9-21-7-10-26-11-8-21/h1-6,13H,7-12H2,(H,20,23). The van der Waals surface area contributed by atoms with Crippen LogP contribution < -0.4 is 10.1 Å². The highest BCUT2D eigenvalue weighted by atomic mass is 16.6. The Balaban J connectivity index is 1.47. The maximum atomic E-state index is 12.2. The van der Waals surface area contributed by atoms with Gasteiger partial charge in [-0.25, -0.2) is 4.98 Å². The number of nitro groups is 1. The highest BCUT2D eigenvalue weighted by Gasteiger charge is 2.11. The number of nitro benzene ring substituents is 1. The summed E-state index contributed by atoms with van der Waals surface area (Å²) in [5, 5.41) is 13.3. The number of nitrogens with one attached hydrogen (secondary N) is 1. The molecular formula is C18H20N4O5. The number of non-ortho nitro benzene ring substituents is 1. The summed E-state index contributed by atoms with van der Waals surface area (Å²) < 4.78 is 10.9. The summed E-state index contributed by atoms with van der Waals surface area (Å²) in [6.45, 7) is 4.66. The van der Waals surface area contributed by atoms with Crippen molar-refractivity contribution < 1.29 is 19.2 Å². The molecule has 1 aliphatic rings. The first kappa shape index (κ1) is 18.7. The van der Waals surface area contributed by atoms with Gasteiger partial charge < -0.3 is 14.8 Å². The molecule has 27 heavy (non-hydrogen) atoms. The molecule has 2 aromatic rings. The van der Waals surface area contributed by atoms with E-state index in [2.05, 4.69) is 15.2 Å². The minimum atomic E-state index is -0.511. The molecule has 0 unspecified atom stereocenters. The summed E-state index contributed by atoms with van der Waals surface area (Å²) in [7, 11) is 0. The van der Waals surface area contributed by atoms with E-state index < -0.39 is 4.92 Å². The lowest BCUT2D eigenvalue weighted by Crippen LogP contribution is -2.38. The van der Waals surface area contributed by atoms with Crippen molar-refractivity contribution in [2.24, 2.45) is 0 Å². The molecule has 0 atom stereocenters. The number of anilines is 1. The molecule has 1 fully saturated rings. The van der Waals surface area contributed by atoms with E-state index in [-0.39, 0.29) is 11.6 Å². The lowest BCUT2D eigenvalue weighted by molar-refractivity contribution is -0.384. The van der Waals surface area contributed by atoms with E-state index in [0.29, 0.717) is 23.7 Å². The van der Waals surface area contributed by atoms with Gasteiger partial charge in [-0.1, -0.05) is 0 Å². The molecule has 1 amide bonds. The summed E-state index contributed by atoms with van der Waals surface area (Å²) in [4.78, 5) is 28.7. The van der Waals surface area contributed by atoms with E-state index in [0.717, 1.165) is 32.8 Å². The van der Waals surface area contributed by atoms with Crippen LogP contribution in [0.2, 0.25) is 0 Å². The van der Waals surface area contributed by atoms with Gasteiger partial charge in [-0.05, 0) is 18.2 Å². The van der Waals surface area contributed by atoms with Crippen molar-refractivity contribution in [3.63, 3.8) is 0 Å². The number of amides is 1. The fourth-order valence-electron chi connectivity index (χ4n) is 2.58. The van der Waals surface area contributed by atoms with Gasteiger partial charge in [0.05, 0.1) is 30.0 Å². The minimum Gasteiger partial charge on any atom is -0.476 e. The number of ether oxygens (including phenoxy) is 2. The Morgan fingerprint density at radius 3 is 2.59 bits per heavy atom. The Morgan fingerprint density at radius 1 is 1.22 bits per heavy atom. The van der Waals surface area contributed by atoms with Crippen LogP contribution >= 0.6 is 0 Å². The molecule has 1 N–H and O–H groups in total. The van der Waals surface area contributed by atoms with Crippen molar-refractivity contribution >= 4 is 17.3 Å². The lowest BCUT2D eigenvalue weighted by atomic mass is 10.2. The molecule has 1 saturated heterocycles. The van der Waals surface area contributed by atoms with Gasteiger partial charge in [0.25, 0.3) is 11.6 Å². The molecule has 0 bridgehead atoms. The van der Waals surface area contributed by atoms with Gasteiger partial charge >= 0.3 is 0 Å². The highest BCUT2D eigenvalue weighted by molar-refractivity contribution is 6.04. The lowest BCUT2D eigenvalue weighted by Gasteiger charge is -2.26. The van der Waals surface area contributed by atoms with Crippen molar-refractivity contribution in [1.82, 2.24) is 9.88 Å². The van der Waals surface area contributed by atoms with E-state index in [1.54, 1.807) is 12.1 Å². The molecular weight excluding hydrogens is 352 g/mol. The molecule has 3 rings (SSSR count). The van der Waals surface area contributed by atoms with Crippen molar-refractivity contribution in [3.8, 4) is 5.88 Å². The number of aromatic nitrogens is 1. The summed E-state index contributed by atoms with van der Waals surface area (Å²) in [5.41, 5.74) is 0.775. The van der Waals surface area contributed by atoms with Crippen LogP contribution in [0.3, 0.4) is 0 Å². The molecule has 0 aliphatic carbocycles. The Bertz CT molecular complexity index is 773. The number of carbonyl (C=O) groups excluding carboxylic acids is 1. The summed E-state index contributed by atoms with van der Waals surface area (Å²) in [6, 6.07) is 8.77. The first-order valence-corrected chi connectivity index (χ1v) is 8.56. The van der Waals surface area contributed by atoms with E-state index in [1.165, 1.54) is 30.5 Å². The molecule has 2 heterocycles. The van der Waals surface area contributed by atoms with E-state index in [1.807, 2.05) is 0 Å². The minimum absolute atomic E-state index is 0.0632. The normalized spacial score (nSPS) is 14.5. The number of carbonyl (C=O) groups is 1. The quantitative estimate of drug-likeness (QED) is 0.585. The van der Waals surface area contributed by atoms with Crippen LogP contribution in [-0.4, -0.2) is 60.2 Å². The fraction of sp³-hybridized carbons (Fsp3) is 0.333. The number of hydrogen-bond donors (Lipinski definition) is 1. The first-order chi connectivity index (χ1) is 13.1. The summed E-state index contributed by atoms with van der Waals surface area (Å²) in [5.74, 6) is 0.115. The van der Waals surface area contributed by atoms with Crippen molar-refractivity contribution in [2.75, 3.05) is 44.8 Å². The van der Waals surface area contributed by atoms with E-state index >= 15 is 0 Å². The van der Waals surface area contributed by atoms with Crippen LogP contribution in [0, 0.1) is 10.1 Å².